The Hall–Kier alpha value is -0.840. The summed E-state index contributed by atoms with van der Waals surface area (Å²) in [6.07, 6.45) is 4.36. The van der Waals surface area contributed by atoms with Crippen LogP contribution in [0.15, 0.2) is 0 Å². The van der Waals surface area contributed by atoms with Crippen molar-refractivity contribution in [1.82, 2.24) is 9.88 Å². The molecule has 2 fully saturated rings. The molecule has 2 saturated heterocycles. The Morgan fingerprint density at radius 1 is 1.29 bits per heavy atom. The van der Waals surface area contributed by atoms with Crippen molar-refractivity contribution in [2.45, 2.75) is 45.3 Å². The van der Waals surface area contributed by atoms with E-state index in [-0.39, 0.29) is 0 Å². The minimum Gasteiger partial charge on any atom is -0.379 e. The average Bonchev–Trinajstić information content (AvgIpc) is 3.23. The van der Waals surface area contributed by atoms with Gasteiger partial charge in [-0.3, -0.25) is 4.90 Å². The number of morpholine rings is 1. The van der Waals surface area contributed by atoms with E-state index in [0.717, 1.165) is 32.7 Å². The standard InChI is InChI=1S/C17H26N2O2/c1-3-13-11(2)18-14-5-4-12(16-17(21-16)15(13)14)10-19-6-8-20-9-7-19/h12,16-18H,3-10H2,1-2H3. The Morgan fingerprint density at radius 3 is 2.86 bits per heavy atom. The van der Waals surface area contributed by atoms with Crippen molar-refractivity contribution < 1.29 is 9.47 Å². The molecular weight excluding hydrogens is 264 g/mol. The van der Waals surface area contributed by atoms with Crippen molar-refractivity contribution in [3.63, 3.8) is 0 Å². The maximum Gasteiger partial charge on any atom is 0.111 e. The molecule has 1 aromatic heterocycles. The lowest BCUT2D eigenvalue weighted by atomic mass is 9.97. The third-order valence-corrected chi connectivity index (χ3v) is 5.43. The predicted octanol–water partition coefficient (Wildman–Crippen LogP) is 2.22. The van der Waals surface area contributed by atoms with E-state index in [1.165, 1.54) is 41.9 Å². The molecule has 3 heterocycles. The van der Waals surface area contributed by atoms with Crippen LogP contribution in [0, 0.1) is 12.8 Å². The second kappa shape index (κ2) is 5.41. The van der Waals surface area contributed by atoms with Crippen LogP contribution in [0.1, 0.15) is 42.0 Å². The maximum absolute atomic E-state index is 6.12. The van der Waals surface area contributed by atoms with Crippen molar-refractivity contribution in [3.8, 4) is 0 Å². The van der Waals surface area contributed by atoms with Crippen LogP contribution in [0.25, 0.3) is 0 Å². The molecule has 4 rings (SSSR count). The van der Waals surface area contributed by atoms with Gasteiger partial charge in [-0.25, -0.2) is 0 Å². The van der Waals surface area contributed by atoms with Crippen LogP contribution >= 0.6 is 0 Å². The molecule has 1 N–H and O–H groups in total. The van der Waals surface area contributed by atoms with Gasteiger partial charge in [0.2, 0.25) is 0 Å². The van der Waals surface area contributed by atoms with E-state index in [0.29, 0.717) is 18.1 Å². The predicted molar refractivity (Wildman–Crippen MR) is 81.6 cm³/mol. The number of epoxide rings is 1. The topological polar surface area (TPSA) is 40.8 Å². The molecule has 3 unspecified atom stereocenters. The molecule has 21 heavy (non-hydrogen) atoms. The summed E-state index contributed by atoms with van der Waals surface area (Å²) in [5.41, 5.74) is 5.80. The largest absolute Gasteiger partial charge is 0.379 e. The van der Waals surface area contributed by atoms with Crippen LogP contribution in [0.4, 0.5) is 0 Å². The Balaban J connectivity index is 1.50. The zero-order valence-electron chi connectivity index (χ0n) is 13.2. The summed E-state index contributed by atoms with van der Waals surface area (Å²) in [6.45, 7) is 9.58. The van der Waals surface area contributed by atoms with Gasteiger partial charge in [0.1, 0.15) is 6.10 Å². The van der Waals surface area contributed by atoms with Crippen LogP contribution in [0.5, 0.6) is 0 Å². The number of H-pyrrole nitrogens is 1. The number of hydrogen-bond donors (Lipinski definition) is 1. The number of fused-ring (bicyclic) bond motifs is 3. The monoisotopic (exact) mass is 290 g/mol. The van der Waals surface area contributed by atoms with Gasteiger partial charge in [-0.15, -0.1) is 0 Å². The van der Waals surface area contributed by atoms with Crippen molar-refractivity contribution in [2.75, 3.05) is 32.8 Å². The molecule has 4 nitrogen and oxygen atoms in total. The number of hydrogen-bond acceptors (Lipinski definition) is 3. The van der Waals surface area contributed by atoms with Crippen LogP contribution in [-0.4, -0.2) is 48.8 Å². The van der Waals surface area contributed by atoms with E-state index in [4.69, 9.17) is 9.47 Å². The van der Waals surface area contributed by atoms with Gasteiger partial charge in [0, 0.05) is 42.5 Å². The third-order valence-electron chi connectivity index (χ3n) is 5.43. The minimum atomic E-state index is 0.369. The fraction of sp³-hybridized carbons (Fsp3) is 0.765. The second-order valence-corrected chi connectivity index (χ2v) is 6.71. The van der Waals surface area contributed by atoms with E-state index < -0.39 is 0 Å². The van der Waals surface area contributed by atoms with Crippen molar-refractivity contribution in [2.24, 2.45) is 5.92 Å². The van der Waals surface area contributed by atoms with Gasteiger partial charge in [-0.05, 0) is 31.7 Å². The molecule has 0 amide bonds. The quantitative estimate of drug-likeness (QED) is 0.868. The molecule has 2 aliphatic heterocycles. The first kappa shape index (κ1) is 13.8. The number of rotatable bonds is 3. The molecule has 116 valence electrons. The molecule has 4 heteroatoms. The number of aryl methyl sites for hydroxylation is 2. The Kier molecular flexibility index (Phi) is 3.56. The fourth-order valence-electron chi connectivity index (χ4n) is 4.27. The van der Waals surface area contributed by atoms with Gasteiger partial charge >= 0.3 is 0 Å². The molecule has 0 bridgehead atoms. The lowest BCUT2D eigenvalue weighted by Crippen LogP contribution is -2.40. The van der Waals surface area contributed by atoms with Crippen molar-refractivity contribution in [3.05, 3.63) is 22.5 Å². The van der Waals surface area contributed by atoms with Crippen molar-refractivity contribution >= 4 is 0 Å². The second-order valence-electron chi connectivity index (χ2n) is 6.71. The first-order chi connectivity index (χ1) is 10.3. The zero-order chi connectivity index (χ0) is 14.4. The minimum absolute atomic E-state index is 0.369. The zero-order valence-corrected chi connectivity index (χ0v) is 13.2. The average molecular weight is 290 g/mol. The lowest BCUT2D eigenvalue weighted by Gasteiger charge is -2.29. The molecule has 3 aliphatic rings. The molecule has 0 spiro atoms. The lowest BCUT2D eigenvalue weighted by molar-refractivity contribution is 0.0278. The molecule has 1 aromatic rings. The summed E-state index contributed by atoms with van der Waals surface area (Å²) < 4.78 is 11.6. The highest BCUT2D eigenvalue weighted by atomic mass is 16.6. The highest BCUT2D eigenvalue weighted by molar-refractivity contribution is 5.42. The van der Waals surface area contributed by atoms with Gasteiger partial charge in [-0.1, -0.05) is 6.92 Å². The van der Waals surface area contributed by atoms with Crippen LogP contribution in [0.3, 0.4) is 0 Å². The molecule has 1 aliphatic carbocycles. The summed E-state index contributed by atoms with van der Waals surface area (Å²) in [6, 6.07) is 0. The fourth-order valence-corrected chi connectivity index (χ4v) is 4.27. The van der Waals surface area contributed by atoms with Gasteiger partial charge in [0.05, 0.1) is 19.3 Å². The van der Waals surface area contributed by atoms with Crippen LogP contribution < -0.4 is 0 Å². The highest BCUT2D eigenvalue weighted by Gasteiger charge is 2.50. The summed E-state index contributed by atoms with van der Waals surface area (Å²) in [5.74, 6) is 0.680. The first-order valence-corrected chi connectivity index (χ1v) is 8.43. The molecule has 0 aromatic carbocycles. The summed E-state index contributed by atoms with van der Waals surface area (Å²) >= 11 is 0. The normalized spacial score (nSPS) is 32.4. The first-order valence-electron chi connectivity index (χ1n) is 8.43. The smallest absolute Gasteiger partial charge is 0.111 e. The summed E-state index contributed by atoms with van der Waals surface area (Å²) in [4.78, 5) is 6.18. The van der Waals surface area contributed by atoms with Crippen molar-refractivity contribution in [1.29, 1.82) is 0 Å². The van der Waals surface area contributed by atoms with Gasteiger partial charge in [0.15, 0.2) is 0 Å². The molecule has 0 radical (unpaired) electrons. The van der Waals surface area contributed by atoms with E-state index in [2.05, 4.69) is 23.7 Å². The number of nitrogens with one attached hydrogen (secondary N) is 1. The number of ether oxygens (including phenoxy) is 2. The Morgan fingerprint density at radius 2 is 2.10 bits per heavy atom. The molecular formula is C17H26N2O2. The Labute approximate surface area is 126 Å². The maximum atomic E-state index is 6.12. The molecule has 0 saturated carbocycles. The van der Waals surface area contributed by atoms with Gasteiger partial charge < -0.3 is 14.5 Å². The summed E-state index contributed by atoms with van der Waals surface area (Å²) in [5, 5.41) is 0. The van der Waals surface area contributed by atoms with Crippen LogP contribution in [-0.2, 0) is 22.3 Å². The van der Waals surface area contributed by atoms with E-state index in [1.807, 2.05) is 0 Å². The number of aromatic nitrogens is 1. The van der Waals surface area contributed by atoms with E-state index >= 15 is 0 Å². The van der Waals surface area contributed by atoms with Gasteiger partial charge in [-0.2, -0.15) is 0 Å². The van der Waals surface area contributed by atoms with Gasteiger partial charge in [0.25, 0.3) is 0 Å². The van der Waals surface area contributed by atoms with E-state index in [1.54, 1.807) is 0 Å². The van der Waals surface area contributed by atoms with Crippen LogP contribution in [0.2, 0.25) is 0 Å². The summed E-state index contributed by atoms with van der Waals surface area (Å²) in [7, 11) is 0. The molecule has 3 atom stereocenters. The SMILES string of the molecule is CCc1c(C)[nH]c2c1C1OC1C(CN1CCOCC1)CC2. The number of aromatic amines is 1. The third kappa shape index (κ3) is 2.43. The Bertz CT molecular complexity index is 519. The highest BCUT2D eigenvalue weighted by Crippen LogP contribution is 2.50. The van der Waals surface area contributed by atoms with E-state index in [9.17, 15) is 0 Å². The number of nitrogens with zero attached hydrogens (tertiary/aromatic N) is 1.